The minimum atomic E-state index is -5.16. The highest BCUT2D eigenvalue weighted by Gasteiger charge is 2.52. The van der Waals surface area contributed by atoms with Gasteiger partial charge < -0.3 is 10.2 Å². The second-order valence-electron chi connectivity index (χ2n) is 6.09. The van der Waals surface area contributed by atoms with Gasteiger partial charge in [-0.15, -0.1) is 0 Å². The minimum Gasteiger partial charge on any atom is -0.508 e. The van der Waals surface area contributed by atoms with Crippen molar-refractivity contribution < 1.29 is 23.2 Å². The maximum absolute atomic E-state index is 13.0. The molecule has 152 valence electrons. The van der Waals surface area contributed by atoms with Gasteiger partial charge in [0.15, 0.2) is 4.75 Å². The molecule has 0 aliphatic carbocycles. The molecule has 0 bridgehead atoms. The molecule has 0 aliphatic heterocycles. The van der Waals surface area contributed by atoms with Crippen LogP contribution in [0.25, 0.3) is 0 Å². The number of hydrogen-bond donors (Lipinski definition) is 3. The van der Waals surface area contributed by atoms with Gasteiger partial charge in [-0.3, -0.25) is 4.55 Å². The summed E-state index contributed by atoms with van der Waals surface area (Å²) in [5.74, 6) is -0.922. The molecule has 0 aliphatic rings. The smallest absolute Gasteiger partial charge is 0.283 e. The van der Waals surface area contributed by atoms with Gasteiger partial charge in [-0.1, -0.05) is 64.6 Å². The molecule has 3 aromatic rings. The summed E-state index contributed by atoms with van der Waals surface area (Å²) in [6.07, 6.45) is 0. The van der Waals surface area contributed by atoms with E-state index in [9.17, 15) is 23.2 Å². The van der Waals surface area contributed by atoms with E-state index < -0.39 is 26.2 Å². The fourth-order valence-corrected chi connectivity index (χ4v) is 5.69. The minimum absolute atomic E-state index is 0.0223. The van der Waals surface area contributed by atoms with Crippen LogP contribution in [0.15, 0.2) is 54.6 Å². The summed E-state index contributed by atoms with van der Waals surface area (Å²) >= 11 is 24.9. The number of benzene rings is 3. The van der Waals surface area contributed by atoms with Gasteiger partial charge in [0.2, 0.25) is 0 Å². The summed E-state index contributed by atoms with van der Waals surface area (Å²) in [4.78, 5) is 0. The van der Waals surface area contributed by atoms with E-state index >= 15 is 0 Å². The second-order valence-corrected chi connectivity index (χ2v) is 9.28. The van der Waals surface area contributed by atoms with Crippen molar-refractivity contribution >= 4 is 56.5 Å². The topological polar surface area (TPSA) is 94.8 Å². The van der Waals surface area contributed by atoms with E-state index in [1.807, 2.05) is 0 Å². The van der Waals surface area contributed by atoms with E-state index in [4.69, 9.17) is 46.4 Å². The van der Waals surface area contributed by atoms with E-state index in [0.717, 1.165) is 18.2 Å². The van der Waals surface area contributed by atoms with Crippen LogP contribution in [0, 0.1) is 0 Å². The van der Waals surface area contributed by atoms with Crippen LogP contribution in [-0.2, 0) is 14.9 Å². The molecule has 1 atom stereocenters. The Balaban J connectivity index is 2.68. The Labute approximate surface area is 186 Å². The van der Waals surface area contributed by atoms with Crippen molar-refractivity contribution in [2.24, 2.45) is 0 Å². The van der Waals surface area contributed by atoms with E-state index in [1.54, 1.807) is 6.07 Å². The molecule has 0 saturated carbocycles. The zero-order valence-electron chi connectivity index (χ0n) is 14.3. The molecule has 0 fully saturated rings. The first kappa shape index (κ1) is 22.0. The number of hydrogen-bond acceptors (Lipinski definition) is 4. The molecule has 0 amide bonds. The Morgan fingerprint density at radius 3 is 2.03 bits per heavy atom. The average Bonchev–Trinajstić information content (AvgIpc) is 2.62. The molecule has 0 radical (unpaired) electrons. The highest BCUT2D eigenvalue weighted by Crippen LogP contribution is 2.53. The Hall–Kier alpha value is -1.67. The Morgan fingerprint density at radius 1 is 0.759 bits per heavy atom. The van der Waals surface area contributed by atoms with Crippen molar-refractivity contribution in [2.75, 3.05) is 0 Å². The molecule has 0 heterocycles. The molecule has 0 aromatic heterocycles. The largest absolute Gasteiger partial charge is 0.508 e. The molecular formula is C19H12Cl4O5S. The molecule has 10 heteroatoms. The van der Waals surface area contributed by atoms with E-state index in [-0.39, 0.29) is 37.0 Å². The molecule has 0 spiro atoms. The van der Waals surface area contributed by atoms with Crippen LogP contribution in [-0.4, -0.2) is 23.2 Å². The summed E-state index contributed by atoms with van der Waals surface area (Å²) < 4.78 is 34.0. The van der Waals surface area contributed by atoms with Gasteiger partial charge in [-0.25, -0.2) is 0 Å². The van der Waals surface area contributed by atoms with Gasteiger partial charge in [-0.2, -0.15) is 8.42 Å². The number of aromatic hydroxyl groups is 2. The van der Waals surface area contributed by atoms with Crippen LogP contribution in [0.1, 0.15) is 16.7 Å². The van der Waals surface area contributed by atoms with Crippen molar-refractivity contribution in [1.29, 1.82) is 0 Å². The first-order chi connectivity index (χ1) is 13.5. The van der Waals surface area contributed by atoms with Gasteiger partial charge >= 0.3 is 0 Å². The molecule has 29 heavy (non-hydrogen) atoms. The van der Waals surface area contributed by atoms with Gasteiger partial charge in [0, 0.05) is 26.7 Å². The normalized spacial score (nSPS) is 13.8. The third-order valence-corrected chi connectivity index (χ3v) is 7.16. The molecule has 1 unspecified atom stereocenters. The van der Waals surface area contributed by atoms with Crippen molar-refractivity contribution in [3.63, 3.8) is 0 Å². The maximum Gasteiger partial charge on any atom is 0.283 e. The van der Waals surface area contributed by atoms with Crippen molar-refractivity contribution in [2.45, 2.75) is 4.75 Å². The van der Waals surface area contributed by atoms with Crippen molar-refractivity contribution in [1.82, 2.24) is 0 Å². The third kappa shape index (κ3) is 3.65. The Kier molecular flexibility index (Phi) is 5.98. The van der Waals surface area contributed by atoms with E-state index in [0.29, 0.717) is 0 Å². The molecule has 0 saturated heterocycles. The van der Waals surface area contributed by atoms with Gasteiger partial charge in [0.25, 0.3) is 10.1 Å². The fraction of sp³-hybridized carbons (Fsp3) is 0.0526. The number of rotatable bonds is 4. The lowest BCUT2D eigenvalue weighted by Gasteiger charge is -2.34. The standard InChI is InChI=1S/C19H12Cl4O5S/c20-10-7-14(18(23)16(22)8-10)19(29(26,27)28,12-3-1-2-4-15(12)21)13-9-11(24)5-6-17(13)25/h1-9,24-25H,(H,26,27,28). The zero-order chi connectivity index (χ0) is 21.6. The van der Waals surface area contributed by atoms with Crippen LogP contribution >= 0.6 is 46.4 Å². The average molecular weight is 494 g/mol. The summed E-state index contributed by atoms with van der Waals surface area (Å²) in [6.45, 7) is 0. The van der Waals surface area contributed by atoms with Gasteiger partial charge in [-0.05, 0) is 36.4 Å². The molecule has 5 nitrogen and oxygen atoms in total. The lowest BCUT2D eigenvalue weighted by Crippen LogP contribution is -2.39. The number of phenols is 2. The van der Waals surface area contributed by atoms with Crippen LogP contribution in [0.3, 0.4) is 0 Å². The van der Waals surface area contributed by atoms with E-state index in [1.165, 1.54) is 30.3 Å². The molecule has 3 aromatic carbocycles. The summed E-state index contributed by atoms with van der Waals surface area (Å²) in [6, 6.07) is 11.5. The lowest BCUT2D eigenvalue weighted by atomic mass is 9.83. The second kappa shape index (κ2) is 7.87. The van der Waals surface area contributed by atoms with Crippen LogP contribution in [0.5, 0.6) is 11.5 Å². The Morgan fingerprint density at radius 2 is 1.41 bits per heavy atom. The summed E-state index contributed by atoms with van der Waals surface area (Å²) in [5, 5.41) is 20.2. The SMILES string of the molecule is O=S(=O)(O)C(c1cc(O)ccc1O)(c1ccccc1Cl)c1cc(Cl)cc(Cl)c1Cl. The van der Waals surface area contributed by atoms with Crippen LogP contribution < -0.4 is 0 Å². The van der Waals surface area contributed by atoms with Gasteiger partial charge in [0.05, 0.1) is 10.0 Å². The Bertz CT molecular complexity index is 1210. The molecule has 3 N–H and O–H groups in total. The molecular weight excluding hydrogens is 482 g/mol. The summed E-state index contributed by atoms with van der Waals surface area (Å²) in [5.41, 5.74) is -0.785. The number of halogens is 4. The third-order valence-electron chi connectivity index (χ3n) is 4.37. The maximum atomic E-state index is 13.0. The predicted octanol–water partition coefficient (Wildman–Crippen LogP) is 5.89. The van der Waals surface area contributed by atoms with Gasteiger partial charge in [0.1, 0.15) is 11.5 Å². The quantitative estimate of drug-likeness (QED) is 0.182. The number of phenolic OH excluding ortho intramolecular Hbond substituents is 2. The monoisotopic (exact) mass is 492 g/mol. The van der Waals surface area contributed by atoms with Crippen LogP contribution in [0.4, 0.5) is 0 Å². The predicted molar refractivity (Wildman–Crippen MR) is 114 cm³/mol. The van der Waals surface area contributed by atoms with Crippen molar-refractivity contribution in [3.05, 3.63) is 91.4 Å². The van der Waals surface area contributed by atoms with Crippen LogP contribution in [0.2, 0.25) is 20.1 Å². The summed E-state index contributed by atoms with van der Waals surface area (Å²) in [7, 11) is -5.16. The highest BCUT2D eigenvalue weighted by atomic mass is 35.5. The lowest BCUT2D eigenvalue weighted by molar-refractivity contribution is 0.434. The first-order valence-corrected chi connectivity index (χ1v) is 10.8. The molecule has 3 rings (SSSR count). The van der Waals surface area contributed by atoms with Crippen molar-refractivity contribution in [3.8, 4) is 11.5 Å². The first-order valence-electron chi connectivity index (χ1n) is 7.89. The highest BCUT2D eigenvalue weighted by molar-refractivity contribution is 7.87. The fourth-order valence-electron chi connectivity index (χ4n) is 3.22. The zero-order valence-corrected chi connectivity index (χ0v) is 18.1. The van der Waals surface area contributed by atoms with E-state index in [2.05, 4.69) is 0 Å².